The summed E-state index contributed by atoms with van der Waals surface area (Å²) in [5.74, 6) is -2.46. The lowest BCUT2D eigenvalue weighted by atomic mass is 10.0. The van der Waals surface area contributed by atoms with Crippen molar-refractivity contribution in [3.8, 4) is 0 Å². The Labute approximate surface area is 159 Å². The third kappa shape index (κ3) is 3.52. The number of methoxy groups -OCH3 is 1. The van der Waals surface area contributed by atoms with Crippen LogP contribution >= 0.6 is 11.8 Å². The smallest absolute Gasteiger partial charge is 0.438 e. The Bertz CT molecular complexity index is 927. The van der Waals surface area contributed by atoms with Gasteiger partial charge in [0.25, 0.3) is 11.6 Å². The molecule has 12 heteroatoms. The van der Waals surface area contributed by atoms with Crippen molar-refractivity contribution in [2.24, 2.45) is 10.1 Å². The van der Waals surface area contributed by atoms with Gasteiger partial charge in [0.1, 0.15) is 5.82 Å². The van der Waals surface area contributed by atoms with Gasteiger partial charge in [-0.15, -0.1) is 0 Å². The van der Waals surface area contributed by atoms with Gasteiger partial charge in [0.2, 0.25) is 0 Å². The second-order valence-corrected chi connectivity index (χ2v) is 6.70. The number of hydrazone groups is 1. The molecule has 1 atom stereocenters. The zero-order chi connectivity index (χ0) is 20.7. The van der Waals surface area contributed by atoms with Gasteiger partial charge in [-0.05, 0) is 29.5 Å². The fraction of sp³-hybridized carbons (Fsp3) is 0.250. The van der Waals surface area contributed by atoms with E-state index in [1.54, 1.807) is 0 Å². The highest BCUT2D eigenvalue weighted by molar-refractivity contribution is 8.18. The average Bonchev–Trinajstić information content (AvgIpc) is 3.16. The molecule has 2 aliphatic heterocycles. The molecule has 7 nitrogen and oxygen atoms in total. The average molecular weight is 417 g/mol. The number of alkyl halides is 3. The van der Waals surface area contributed by atoms with Crippen molar-refractivity contribution < 1.29 is 37.0 Å². The van der Waals surface area contributed by atoms with Crippen molar-refractivity contribution >= 4 is 34.5 Å². The lowest BCUT2D eigenvalue weighted by Gasteiger charge is -2.33. The number of amides is 1. The normalized spacial score (nSPS) is 23.9. The minimum absolute atomic E-state index is 0.159. The van der Waals surface area contributed by atoms with Gasteiger partial charge in [-0.1, -0.05) is 12.1 Å². The molecule has 1 aromatic carbocycles. The Balaban J connectivity index is 1.99. The highest BCUT2D eigenvalue weighted by atomic mass is 32.2. The molecule has 0 aliphatic carbocycles. The maximum atomic E-state index is 13.6. The summed E-state index contributed by atoms with van der Waals surface area (Å²) in [7, 11) is 1.06. The van der Waals surface area contributed by atoms with Crippen molar-refractivity contribution in [2.75, 3.05) is 7.11 Å². The fourth-order valence-corrected chi connectivity index (χ4v) is 3.32. The number of nitrogens with zero attached hydrogens (tertiary/aromatic N) is 3. The van der Waals surface area contributed by atoms with Crippen LogP contribution in [0, 0.1) is 5.82 Å². The van der Waals surface area contributed by atoms with E-state index in [4.69, 9.17) is 0 Å². The van der Waals surface area contributed by atoms with Crippen molar-refractivity contribution in [2.45, 2.75) is 18.3 Å². The molecule has 0 bridgehead atoms. The van der Waals surface area contributed by atoms with Crippen LogP contribution in [0.1, 0.15) is 12.0 Å². The van der Waals surface area contributed by atoms with Crippen LogP contribution in [0.5, 0.6) is 0 Å². The second kappa shape index (κ2) is 7.02. The zero-order valence-electron chi connectivity index (χ0n) is 14.0. The number of esters is 1. The van der Waals surface area contributed by atoms with Crippen LogP contribution < -0.4 is 0 Å². The molecule has 1 amide bonds. The number of hydrogen-bond donors (Lipinski definition) is 1. The van der Waals surface area contributed by atoms with Crippen LogP contribution in [-0.4, -0.2) is 51.9 Å². The first-order chi connectivity index (χ1) is 13.0. The number of carbonyl (C=O) groups is 2. The Hall–Kier alpha value is -2.73. The molecule has 1 N–H and O–H groups in total. The molecule has 0 radical (unpaired) electrons. The molecule has 1 aromatic rings. The summed E-state index contributed by atoms with van der Waals surface area (Å²) in [5.41, 5.74) is -3.49. The lowest BCUT2D eigenvalue weighted by Crippen LogP contribution is -2.56. The summed E-state index contributed by atoms with van der Waals surface area (Å²) in [6.45, 7) is 0. The van der Waals surface area contributed by atoms with Gasteiger partial charge in [-0.3, -0.25) is 4.79 Å². The van der Waals surface area contributed by atoms with E-state index in [0.717, 1.165) is 25.3 Å². The van der Waals surface area contributed by atoms with E-state index in [9.17, 15) is 32.3 Å². The van der Waals surface area contributed by atoms with Gasteiger partial charge < -0.3 is 9.84 Å². The second-order valence-electron chi connectivity index (χ2n) is 5.69. The van der Waals surface area contributed by atoms with Crippen molar-refractivity contribution in [1.29, 1.82) is 0 Å². The zero-order valence-corrected chi connectivity index (χ0v) is 14.8. The number of amidine groups is 1. The topological polar surface area (TPSA) is 91.6 Å². The highest BCUT2D eigenvalue weighted by Crippen LogP contribution is 2.44. The van der Waals surface area contributed by atoms with Gasteiger partial charge >= 0.3 is 12.1 Å². The number of thioether (sulfide) groups is 1. The van der Waals surface area contributed by atoms with E-state index >= 15 is 0 Å². The predicted molar refractivity (Wildman–Crippen MR) is 90.5 cm³/mol. The third-order valence-electron chi connectivity index (χ3n) is 3.86. The Morgan fingerprint density at radius 3 is 2.57 bits per heavy atom. The molecule has 0 unspecified atom stereocenters. The molecule has 2 aliphatic rings. The van der Waals surface area contributed by atoms with E-state index in [2.05, 4.69) is 14.8 Å². The van der Waals surface area contributed by atoms with Crippen molar-refractivity contribution in [3.05, 3.63) is 46.6 Å². The Morgan fingerprint density at radius 1 is 1.36 bits per heavy atom. The maximum absolute atomic E-state index is 13.6. The standard InChI is InChI=1S/C16H11F4N3O4S/c1-27-12(24)6-11-13(25)21-14(28-11)23-15(26,16(18,19)20)7-10(22-23)8-2-4-9(17)5-3-8/h2-6,26H,7H2,1H3/b11-6+/t15-/m0/s1. The van der Waals surface area contributed by atoms with E-state index in [1.807, 2.05) is 0 Å². The minimum Gasteiger partial charge on any atom is -0.466 e. The third-order valence-corrected chi connectivity index (χ3v) is 4.82. The number of benzene rings is 1. The summed E-state index contributed by atoms with van der Waals surface area (Å²) >= 11 is 0.437. The number of aliphatic hydroxyl groups is 1. The van der Waals surface area contributed by atoms with Crippen LogP contribution in [-0.2, 0) is 14.3 Å². The molecule has 3 rings (SSSR count). The molecule has 148 valence electrons. The first-order valence-electron chi connectivity index (χ1n) is 7.58. The van der Waals surface area contributed by atoms with Gasteiger partial charge in [0.15, 0.2) is 5.17 Å². The largest absolute Gasteiger partial charge is 0.466 e. The van der Waals surface area contributed by atoms with E-state index in [0.29, 0.717) is 11.8 Å². The monoisotopic (exact) mass is 417 g/mol. The number of halogens is 4. The summed E-state index contributed by atoms with van der Waals surface area (Å²) in [6, 6.07) is 4.50. The van der Waals surface area contributed by atoms with Crippen LogP contribution in [0.15, 0.2) is 45.3 Å². The number of hydrogen-bond acceptors (Lipinski definition) is 7. The molecule has 0 saturated heterocycles. The molecule has 2 heterocycles. The van der Waals surface area contributed by atoms with Crippen LogP contribution in [0.4, 0.5) is 17.6 Å². The van der Waals surface area contributed by atoms with Gasteiger partial charge in [0, 0.05) is 6.08 Å². The molecular formula is C16H11F4N3O4S. The van der Waals surface area contributed by atoms with Crippen LogP contribution in [0.25, 0.3) is 0 Å². The van der Waals surface area contributed by atoms with Gasteiger partial charge in [-0.25, -0.2) is 9.18 Å². The van der Waals surface area contributed by atoms with Crippen LogP contribution in [0.2, 0.25) is 0 Å². The number of carbonyl (C=O) groups excluding carboxylic acids is 2. The summed E-state index contributed by atoms with van der Waals surface area (Å²) in [5, 5.41) is 13.7. The Morgan fingerprint density at radius 2 is 2.00 bits per heavy atom. The molecular weight excluding hydrogens is 406 g/mol. The molecule has 0 aromatic heterocycles. The first kappa shape index (κ1) is 20.0. The van der Waals surface area contributed by atoms with Crippen molar-refractivity contribution in [1.82, 2.24) is 5.01 Å². The summed E-state index contributed by atoms with van der Waals surface area (Å²) in [4.78, 5) is 26.3. The SMILES string of the molecule is COC(=O)/C=C1/SC(N2N=C(c3ccc(F)cc3)C[C@]2(O)C(F)(F)F)=NC1=O. The number of rotatable bonds is 2. The predicted octanol–water partition coefficient (Wildman–Crippen LogP) is 2.17. The maximum Gasteiger partial charge on any atom is 0.438 e. The number of aliphatic imine (C=N–C) groups is 1. The lowest BCUT2D eigenvalue weighted by molar-refractivity contribution is -0.294. The summed E-state index contributed by atoms with van der Waals surface area (Å²) < 4.78 is 58.2. The molecule has 0 saturated carbocycles. The van der Waals surface area contributed by atoms with Gasteiger partial charge in [0.05, 0.1) is 24.1 Å². The fourth-order valence-electron chi connectivity index (χ4n) is 2.43. The molecule has 0 spiro atoms. The highest BCUT2D eigenvalue weighted by Gasteiger charge is 2.63. The van der Waals surface area contributed by atoms with E-state index in [1.165, 1.54) is 12.1 Å². The van der Waals surface area contributed by atoms with E-state index in [-0.39, 0.29) is 21.2 Å². The number of ether oxygens (including phenoxy) is 1. The minimum atomic E-state index is -5.15. The summed E-state index contributed by atoms with van der Waals surface area (Å²) in [6.07, 6.45) is -5.35. The van der Waals surface area contributed by atoms with Gasteiger partial charge in [-0.2, -0.15) is 28.3 Å². The van der Waals surface area contributed by atoms with Crippen molar-refractivity contribution in [3.63, 3.8) is 0 Å². The Kier molecular flexibility index (Phi) is 5.02. The molecule has 0 fully saturated rings. The first-order valence-corrected chi connectivity index (χ1v) is 8.40. The van der Waals surface area contributed by atoms with E-state index < -0.39 is 41.2 Å². The quantitative estimate of drug-likeness (QED) is 0.451. The molecule has 28 heavy (non-hydrogen) atoms. The van der Waals surface area contributed by atoms with Crippen LogP contribution in [0.3, 0.4) is 0 Å².